The smallest absolute Gasteiger partial charge is 0.269 e. The minimum absolute atomic E-state index is 0.0975. The molecule has 1 fully saturated rings. The van der Waals surface area contributed by atoms with E-state index < -0.39 is 0 Å². The predicted molar refractivity (Wildman–Crippen MR) is 86.0 cm³/mol. The second-order valence-electron chi connectivity index (χ2n) is 5.77. The van der Waals surface area contributed by atoms with Gasteiger partial charge in [-0.2, -0.15) is 0 Å². The first-order valence-corrected chi connectivity index (χ1v) is 7.74. The molecule has 0 bridgehead atoms. The maximum atomic E-state index is 11.1. The van der Waals surface area contributed by atoms with Crippen LogP contribution in [0.5, 0.6) is 0 Å². The predicted octanol–water partition coefficient (Wildman–Crippen LogP) is -0.0626. The largest absolute Gasteiger partial charge is 0.466 e. The summed E-state index contributed by atoms with van der Waals surface area (Å²) in [6.07, 6.45) is 4.65. The number of fused-ring (bicyclic) bond motifs is 2. The van der Waals surface area contributed by atoms with Crippen molar-refractivity contribution in [3.63, 3.8) is 0 Å². The third-order valence-corrected chi connectivity index (χ3v) is 4.37. The van der Waals surface area contributed by atoms with E-state index in [4.69, 9.17) is 4.74 Å². The summed E-state index contributed by atoms with van der Waals surface area (Å²) in [5.41, 5.74) is 0.953. The maximum absolute atomic E-state index is 11.1. The van der Waals surface area contributed by atoms with Crippen LogP contribution in [-0.2, 0) is 4.74 Å². The molecule has 0 amide bonds. The van der Waals surface area contributed by atoms with E-state index in [1.54, 1.807) is 12.2 Å². The Labute approximate surface area is 133 Å². The first-order valence-electron chi connectivity index (χ1n) is 7.74. The lowest BCUT2D eigenvalue weighted by Gasteiger charge is -2.35. The Morgan fingerprint density at radius 3 is 2.70 bits per heavy atom. The van der Waals surface area contributed by atoms with Gasteiger partial charge in [0, 0.05) is 49.1 Å². The quantitative estimate of drug-likeness (QED) is 0.612. The monoisotopic (exact) mass is 311 g/mol. The lowest BCUT2D eigenvalue weighted by atomic mass is 9.97. The summed E-state index contributed by atoms with van der Waals surface area (Å²) >= 11 is 0. The Hall–Kier alpha value is -2.60. The zero-order valence-electron chi connectivity index (χ0n) is 12.6. The van der Waals surface area contributed by atoms with Gasteiger partial charge in [-0.05, 0) is 17.4 Å². The van der Waals surface area contributed by atoms with Gasteiger partial charge in [0.2, 0.25) is 0 Å². The number of nitrogens with zero attached hydrogens (tertiary/aromatic N) is 2. The average molecular weight is 311 g/mol. The van der Waals surface area contributed by atoms with Crippen LogP contribution in [0.3, 0.4) is 0 Å². The van der Waals surface area contributed by atoms with Crippen LogP contribution >= 0.6 is 0 Å². The molecule has 1 aliphatic carbocycles. The molecule has 6 nitrogen and oxygen atoms in total. The van der Waals surface area contributed by atoms with Crippen LogP contribution in [0, 0.1) is 10.1 Å². The number of ether oxygens (including phenoxy) is 1. The van der Waals surface area contributed by atoms with Crippen molar-refractivity contribution in [3.8, 4) is 0 Å². The van der Waals surface area contributed by atoms with E-state index >= 15 is 0 Å². The summed E-state index contributed by atoms with van der Waals surface area (Å²) in [6.45, 7) is 3.64. The van der Waals surface area contributed by atoms with Crippen LogP contribution in [0.4, 0.5) is 0 Å². The Bertz CT molecular complexity index is 835. The fourth-order valence-electron chi connectivity index (χ4n) is 3.24. The van der Waals surface area contributed by atoms with Crippen molar-refractivity contribution >= 4 is 11.5 Å². The third kappa shape index (κ3) is 2.41. The van der Waals surface area contributed by atoms with Gasteiger partial charge < -0.3 is 15.0 Å². The molecule has 1 aromatic rings. The van der Waals surface area contributed by atoms with Crippen LogP contribution in [0.15, 0.2) is 48.2 Å². The number of benzene rings is 1. The Morgan fingerprint density at radius 2 is 1.96 bits per heavy atom. The van der Waals surface area contributed by atoms with Gasteiger partial charge in [-0.25, -0.2) is 0 Å². The van der Waals surface area contributed by atoms with Gasteiger partial charge in [-0.15, -0.1) is 0 Å². The zero-order chi connectivity index (χ0) is 15.8. The van der Waals surface area contributed by atoms with Gasteiger partial charge in [0.25, 0.3) is 5.70 Å². The number of nitro groups is 1. The normalized spacial score (nSPS) is 22.9. The summed E-state index contributed by atoms with van der Waals surface area (Å²) in [5.74, 6) is 0.874. The molecule has 1 atom stereocenters. The Kier molecular flexibility index (Phi) is 3.38. The van der Waals surface area contributed by atoms with E-state index in [0.29, 0.717) is 0 Å². The second-order valence-corrected chi connectivity index (χ2v) is 5.77. The number of allylic oxidation sites excluding steroid dienone is 1. The molecule has 2 aliphatic heterocycles. The van der Waals surface area contributed by atoms with E-state index in [1.165, 1.54) is 6.08 Å². The van der Waals surface area contributed by atoms with E-state index in [0.717, 1.165) is 48.1 Å². The van der Waals surface area contributed by atoms with Gasteiger partial charge in [0.05, 0.1) is 4.92 Å². The van der Waals surface area contributed by atoms with E-state index in [-0.39, 0.29) is 16.7 Å². The molecule has 4 rings (SSSR count). The van der Waals surface area contributed by atoms with Crippen LogP contribution in [0.2, 0.25) is 0 Å². The molecule has 1 unspecified atom stereocenters. The molecule has 0 spiro atoms. The summed E-state index contributed by atoms with van der Waals surface area (Å²) in [5, 5.41) is 16.4. The van der Waals surface area contributed by atoms with Crippen molar-refractivity contribution in [1.82, 2.24) is 10.2 Å². The number of hydrogen-bond acceptors (Lipinski definition) is 5. The minimum atomic E-state index is -0.363. The summed E-state index contributed by atoms with van der Waals surface area (Å²) in [7, 11) is 0. The van der Waals surface area contributed by atoms with Gasteiger partial charge in [-0.1, -0.05) is 18.2 Å². The molecular formula is C17H17N3O3. The molecular weight excluding hydrogens is 294 g/mol. The number of rotatable bonds is 2. The molecule has 0 aromatic heterocycles. The van der Waals surface area contributed by atoms with Crippen LogP contribution in [-0.4, -0.2) is 42.1 Å². The number of nitrogens with one attached hydrogen (secondary N) is 1. The van der Waals surface area contributed by atoms with Crippen molar-refractivity contribution < 1.29 is 9.66 Å². The molecule has 2 heterocycles. The van der Waals surface area contributed by atoms with Gasteiger partial charge in [0.1, 0.15) is 6.10 Å². The molecule has 3 aliphatic rings. The summed E-state index contributed by atoms with van der Waals surface area (Å²) in [6, 6.07) is 7.97. The SMILES string of the molecule is O=[N+]([O-])C1=CC2=c3ccccc3=C(N3CCNCC3)OC2C=C1. The Balaban J connectivity index is 1.93. The highest BCUT2D eigenvalue weighted by Crippen LogP contribution is 2.25. The van der Waals surface area contributed by atoms with Crippen molar-refractivity contribution in [2.45, 2.75) is 6.10 Å². The third-order valence-electron chi connectivity index (χ3n) is 4.37. The first kappa shape index (κ1) is 14.0. The number of hydrogen-bond donors (Lipinski definition) is 1. The molecule has 118 valence electrons. The van der Waals surface area contributed by atoms with E-state index in [2.05, 4.69) is 10.2 Å². The molecule has 1 N–H and O–H groups in total. The molecule has 23 heavy (non-hydrogen) atoms. The van der Waals surface area contributed by atoms with Crippen LogP contribution < -0.4 is 15.8 Å². The highest BCUT2D eigenvalue weighted by Gasteiger charge is 2.28. The van der Waals surface area contributed by atoms with Crippen molar-refractivity contribution in [2.24, 2.45) is 0 Å². The average Bonchev–Trinajstić information content (AvgIpc) is 2.61. The standard InChI is InChI=1S/C17H17N3O3/c21-20(22)12-5-6-16-15(11-12)13-3-1-2-4-14(13)17(23-16)19-9-7-18-8-10-19/h1-6,11,16,18H,7-10H2. The lowest BCUT2D eigenvalue weighted by molar-refractivity contribution is -0.419. The molecule has 1 saturated heterocycles. The summed E-state index contributed by atoms with van der Waals surface area (Å²) < 4.78 is 6.21. The fraction of sp³-hybridized carbons (Fsp3) is 0.294. The van der Waals surface area contributed by atoms with E-state index in [1.807, 2.05) is 24.3 Å². The zero-order valence-corrected chi connectivity index (χ0v) is 12.6. The van der Waals surface area contributed by atoms with Crippen molar-refractivity contribution in [3.05, 3.63) is 68.7 Å². The second kappa shape index (κ2) is 5.55. The number of piperazine rings is 1. The molecule has 0 radical (unpaired) electrons. The molecule has 0 saturated carbocycles. The Morgan fingerprint density at radius 1 is 1.22 bits per heavy atom. The minimum Gasteiger partial charge on any atom is -0.466 e. The maximum Gasteiger partial charge on any atom is 0.269 e. The van der Waals surface area contributed by atoms with E-state index in [9.17, 15) is 10.1 Å². The van der Waals surface area contributed by atoms with Crippen molar-refractivity contribution in [2.75, 3.05) is 26.2 Å². The van der Waals surface area contributed by atoms with Crippen LogP contribution in [0.1, 0.15) is 0 Å². The fourth-order valence-corrected chi connectivity index (χ4v) is 3.24. The highest BCUT2D eigenvalue weighted by atomic mass is 16.6. The topological polar surface area (TPSA) is 67.6 Å². The molecule has 1 aromatic carbocycles. The van der Waals surface area contributed by atoms with Crippen LogP contribution in [0.25, 0.3) is 11.5 Å². The van der Waals surface area contributed by atoms with Gasteiger partial charge in [0.15, 0.2) is 5.88 Å². The molecule has 6 heteroatoms. The lowest BCUT2D eigenvalue weighted by Crippen LogP contribution is -2.49. The van der Waals surface area contributed by atoms with Gasteiger partial charge >= 0.3 is 0 Å². The van der Waals surface area contributed by atoms with Gasteiger partial charge in [-0.3, -0.25) is 10.1 Å². The highest BCUT2D eigenvalue weighted by molar-refractivity contribution is 5.69. The summed E-state index contributed by atoms with van der Waals surface area (Å²) in [4.78, 5) is 12.9. The van der Waals surface area contributed by atoms with Crippen molar-refractivity contribution in [1.29, 1.82) is 0 Å². The first-order chi connectivity index (χ1) is 11.2.